The van der Waals surface area contributed by atoms with Crippen molar-refractivity contribution in [3.8, 4) is 11.5 Å². The average molecular weight is 447 g/mol. The first-order valence-electron chi connectivity index (χ1n) is 10.5. The van der Waals surface area contributed by atoms with Gasteiger partial charge in [0.1, 0.15) is 17.7 Å². The zero-order valence-corrected chi connectivity index (χ0v) is 18.1. The third-order valence-corrected chi connectivity index (χ3v) is 5.81. The summed E-state index contributed by atoms with van der Waals surface area (Å²) >= 11 is 0. The molecule has 1 aliphatic rings. The second-order valence-corrected chi connectivity index (χ2v) is 7.85. The van der Waals surface area contributed by atoms with E-state index in [1.165, 1.54) is 12.3 Å². The second kappa shape index (κ2) is 8.01. The largest absolute Gasteiger partial charge is 0.463 e. The quantitative estimate of drug-likeness (QED) is 0.346. The maximum absolute atomic E-state index is 13.6. The average Bonchev–Trinajstić information content (AvgIpc) is 3.47. The molecule has 1 aliphatic heterocycles. The fourth-order valence-electron chi connectivity index (χ4n) is 4.15. The van der Waals surface area contributed by atoms with Gasteiger partial charge in [0, 0.05) is 39.3 Å². The number of anilines is 1. The van der Waals surface area contributed by atoms with Crippen LogP contribution in [0.15, 0.2) is 47.2 Å². The van der Waals surface area contributed by atoms with Gasteiger partial charge in [0.15, 0.2) is 11.4 Å². The van der Waals surface area contributed by atoms with Crippen LogP contribution in [0.2, 0.25) is 0 Å². The minimum Gasteiger partial charge on any atom is -0.463 e. The first-order valence-corrected chi connectivity index (χ1v) is 10.5. The van der Waals surface area contributed by atoms with Crippen LogP contribution < -0.4 is 4.90 Å². The lowest BCUT2D eigenvalue weighted by atomic mass is 10.1. The third kappa shape index (κ3) is 3.67. The summed E-state index contributed by atoms with van der Waals surface area (Å²) in [6, 6.07) is 8.43. The molecule has 5 heterocycles. The molecule has 33 heavy (non-hydrogen) atoms. The summed E-state index contributed by atoms with van der Waals surface area (Å²) in [5.74, 6) is 1.14. The monoisotopic (exact) mass is 447 g/mol. The van der Waals surface area contributed by atoms with Crippen LogP contribution in [0.1, 0.15) is 16.1 Å². The Kier molecular flexibility index (Phi) is 5.00. The van der Waals surface area contributed by atoms with Crippen molar-refractivity contribution in [2.75, 3.05) is 31.1 Å². The van der Waals surface area contributed by atoms with Crippen molar-refractivity contribution in [3.05, 3.63) is 64.2 Å². The summed E-state index contributed by atoms with van der Waals surface area (Å²) in [6.45, 7) is 4.00. The molecule has 0 N–H and O–H groups in total. The smallest absolute Gasteiger partial charge is 0.287 e. The summed E-state index contributed by atoms with van der Waals surface area (Å²) in [6.07, 6.45) is 2.82. The molecule has 0 radical (unpaired) electrons. The first-order chi connectivity index (χ1) is 15.9. The molecule has 1 amide bonds. The van der Waals surface area contributed by atoms with Gasteiger partial charge in [-0.3, -0.25) is 19.6 Å². The van der Waals surface area contributed by atoms with Crippen LogP contribution in [-0.2, 0) is 7.05 Å². The summed E-state index contributed by atoms with van der Waals surface area (Å²) in [5, 5.41) is 16.0. The van der Waals surface area contributed by atoms with Gasteiger partial charge < -0.3 is 14.2 Å². The standard InChI is InChI=1S/C22H21N7O4/c1-14-20-16(12-17(18-4-3-11-33-18)24-21(20)26(2)25-14)22(30)28-9-7-27(8-10-28)19-6-5-15(13-23-19)29(31)32/h3-6,11-13H,7-10H2,1-2H3. The van der Waals surface area contributed by atoms with Gasteiger partial charge in [-0.15, -0.1) is 0 Å². The van der Waals surface area contributed by atoms with Crippen molar-refractivity contribution >= 4 is 28.4 Å². The lowest BCUT2D eigenvalue weighted by Crippen LogP contribution is -2.49. The van der Waals surface area contributed by atoms with Crippen LogP contribution in [0.3, 0.4) is 0 Å². The number of hydrogen-bond donors (Lipinski definition) is 0. The molecule has 0 bridgehead atoms. The highest BCUT2D eigenvalue weighted by Crippen LogP contribution is 2.28. The van der Waals surface area contributed by atoms with Crippen LogP contribution >= 0.6 is 0 Å². The van der Waals surface area contributed by atoms with Crippen LogP contribution in [0.4, 0.5) is 11.5 Å². The molecule has 11 heteroatoms. The number of carbonyl (C=O) groups excluding carboxylic acids is 1. The second-order valence-electron chi connectivity index (χ2n) is 7.85. The number of furan rings is 1. The van der Waals surface area contributed by atoms with Crippen molar-refractivity contribution in [2.24, 2.45) is 7.05 Å². The number of carbonyl (C=O) groups is 1. The Morgan fingerprint density at radius 2 is 1.97 bits per heavy atom. The highest BCUT2D eigenvalue weighted by atomic mass is 16.6. The zero-order chi connectivity index (χ0) is 23.1. The van der Waals surface area contributed by atoms with Gasteiger partial charge >= 0.3 is 0 Å². The van der Waals surface area contributed by atoms with Gasteiger partial charge in [-0.05, 0) is 31.2 Å². The number of fused-ring (bicyclic) bond motifs is 1. The molecular formula is C22H21N7O4. The lowest BCUT2D eigenvalue weighted by molar-refractivity contribution is -0.385. The van der Waals surface area contributed by atoms with Gasteiger partial charge in [0.05, 0.1) is 27.8 Å². The molecule has 0 aliphatic carbocycles. The maximum atomic E-state index is 13.6. The molecule has 11 nitrogen and oxygen atoms in total. The minimum atomic E-state index is -0.472. The molecule has 5 rings (SSSR count). The molecule has 0 spiro atoms. The van der Waals surface area contributed by atoms with E-state index in [2.05, 4.69) is 15.1 Å². The number of nitro groups is 1. The molecule has 1 fully saturated rings. The SMILES string of the molecule is Cc1nn(C)c2nc(-c3ccco3)cc(C(=O)N3CCN(c4ccc([N+](=O)[O-])cn4)CC3)c12. The number of nitrogens with zero attached hydrogens (tertiary/aromatic N) is 7. The third-order valence-electron chi connectivity index (χ3n) is 5.81. The highest BCUT2D eigenvalue weighted by molar-refractivity contribution is 6.07. The Morgan fingerprint density at radius 1 is 1.18 bits per heavy atom. The molecule has 0 unspecified atom stereocenters. The van der Waals surface area contributed by atoms with Gasteiger partial charge in [0.2, 0.25) is 0 Å². The molecule has 0 atom stereocenters. The fraction of sp³-hybridized carbons (Fsp3) is 0.273. The number of pyridine rings is 2. The van der Waals surface area contributed by atoms with Crippen LogP contribution in [0.5, 0.6) is 0 Å². The predicted molar refractivity (Wildman–Crippen MR) is 120 cm³/mol. The van der Waals surface area contributed by atoms with Crippen LogP contribution in [0.25, 0.3) is 22.5 Å². The summed E-state index contributed by atoms with van der Waals surface area (Å²) in [7, 11) is 1.80. The van der Waals surface area contributed by atoms with E-state index >= 15 is 0 Å². The van der Waals surface area contributed by atoms with Gasteiger partial charge in [-0.2, -0.15) is 5.10 Å². The van der Waals surface area contributed by atoms with E-state index in [1.807, 2.05) is 17.9 Å². The highest BCUT2D eigenvalue weighted by Gasteiger charge is 2.27. The molecule has 168 valence electrons. The Morgan fingerprint density at radius 3 is 2.61 bits per heavy atom. The Bertz CT molecular complexity index is 1340. The van der Waals surface area contributed by atoms with E-state index in [0.29, 0.717) is 54.7 Å². The van der Waals surface area contributed by atoms with Gasteiger partial charge in [0.25, 0.3) is 11.6 Å². The van der Waals surface area contributed by atoms with Gasteiger partial charge in [-0.1, -0.05) is 0 Å². The lowest BCUT2D eigenvalue weighted by Gasteiger charge is -2.35. The molecule has 1 saturated heterocycles. The summed E-state index contributed by atoms with van der Waals surface area (Å²) < 4.78 is 7.18. The summed E-state index contributed by atoms with van der Waals surface area (Å²) in [5.41, 5.74) is 2.43. The number of rotatable bonds is 4. The molecule has 0 aromatic carbocycles. The predicted octanol–water partition coefficient (Wildman–Crippen LogP) is 2.80. The Hall–Kier alpha value is -4.28. The number of hydrogen-bond acceptors (Lipinski definition) is 8. The maximum Gasteiger partial charge on any atom is 0.287 e. The van der Waals surface area contributed by atoms with E-state index in [4.69, 9.17) is 4.42 Å². The Balaban J connectivity index is 1.41. The van der Waals surface area contributed by atoms with Crippen LogP contribution in [-0.4, -0.2) is 61.7 Å². The number of aromatic nitrogens is 4. The van der Waals surface area contributed by atoms with E-state index in [0.717, 1.165) is 11.1 Å². The van der Waals surface area contributed by atoms with Gasteiger partial charge in [-0.25, -0.2) is 9.97 Å². The topological polar surface area (TPSA) is 123 Å². The van der Waals surface area contributed by atoms with Crippen molar-refractivity contribution in [1.82, 2.24) is 24.6 Å². The van der Waals surface area contributed by atoms with E-state index in [1.54, 1.807) is 41.1 Å². The van der Waals surface area contributed by atoms with Crippen molar-refractivity contribution < 1.29 is 14.1 Å². The zero-order valence-electron chi connectivity index (χ0n) is 18.1. The number of amides is 1. The van der Waals surface area contributed by atoms with Crippen molar-refractivity contribution in [2.45, 2.75) is 6.92 Å². The first kappa shape index (κ1) is 20.6. The van der Waals surface area contributed by atoms with E-state index in [9.17, 15) is 14.9 Å². The molecular weight excluding hydrogens is 426 g/mol. The normalized spacial score (nSPS) is 14.1. The van der Waals surface area contributed by atoms with E-state index in [-0.39, 0.29) is 11.6 Å². The number of piperazine rings is 1. The van der Waals surface area contributed by atoms with E-state index < -0.39 is 4.92 Å². The van der Waals surface area contributed by atoms with Crippen molar-refractivity contribution in [3.63, 3.8) is 0 Å². The van der Waals surface area contributed by atoms with Crippen LogP contribution in [0, 0.1) is 17.0 Å². The molecule has 4 aromatic rings. The van der Waals surface area contributed by atoms with Crippen molar-refractivity contribution in [1.29, 1.82) is 0 Å². The minimum absolute atomic E-state index is 0.0477. The molecule has 0 saturated carbocycles. The summed E-state index contributed by atoms with van der Waals surface area (Å²) in [4.78, 5) is 36.6. The Labute approximate surface area is 188 Å². The fourth-order valence-corrected chi connectivity index (χ4v) is 4.15. The molecule has 4 aromatic heterocycles. The number of aryl methyl sites for hydroxylation is 2.